The number of benzene rings is 1. The third-order valence-corrected chi connectivity index (χ3v) is 4.62. The lowest BCUT2D eigenvalue weighted by atomic mass is 10.1. The van der Waals surface area contributed by atoms with Crippen LogP contribution in [0.3, 0.4) is 0 Å². The largest absolute Gasteiger partial charge is 0.341 e. The number of hydrogen-bond donors (Lipinski definition) is 1. The summed E-state index contributed by atoms with van der Waals surface area (Å²) < 4.78 is 13.7. The molecule has 3 nitrogen and oxygen atoms in total. The Balaban J connectivity index is 1.70. The first-order valence-electron chi connectivity index (χ1n) is 7.10. The van der Waals surface area contributed by atoms with Crippen molar-refractivity contribution in [2.45, 2.75) is 37.8 Å². The maximum atomic E-state index is 13.7. The number of nitrogens with one attached hydrogen (secondary N) is 1. The van der Waals surface area contributed by atoms with Crippen LogP contribution in [-0.2, 0) is 11.2 Å². The van der Waals surface area contributed by atoms with Crippen LogP contribution >= 0.6 is 11.6 Å². The SMILES string of the molecule is O=C(Cc1c(F)cccc1Cl)N1CCC2CCC(C1)N2. The van der Waals surface area contributed by atoms with Gasteiger partial charge in [0.2, 0.25) is 5.91 Å². The number of carbonyl (C=O) groups excluding carboxylic acids is 1. The van der Waals surface area contributed by atoms with Crippen LogP contribution in [0.2, 0.25) is 5.02 Å². The molecule has 1 aromatic carbocycles. The standard InChI is InChI=1S/C15H18ClFN2O/c16-13-2-1-3-14(17)12(13)8-15(20)19-7-6-10-4-5-11(9-19)18-10/h1-3,10-11,18H,4-9H2. The zero-order valence-corrected chi connectivity index (χ0v) is 12.0. The Labute approximate surface area is 123 Å². The van der Waals surface area contributed by atoms with E-state index in [-0.39, 0.29) is 12.3 Å². The van der Waals surface area contributed by atoms with Crippen molar-refractivity contribution in [3.63, 3.8) is 0 Å². The van der Waals surface area contributed by atoms with Gasteiger partial charge in [0, 0.05) is 35.8 Å². The highest BCUT2D eigenvalue weighted by atomic mass is 35.5. The third-order valence-electron chi connectivity index (χ3n) is 4.27. The van der Waals surface area contributed by atoms with Crippen molar-refractivity contribution in [3.8, 4) is 0 Å². The van der Waals surface area contributed by atoms with Gasteiger partial charge in [-0.05, 0) is 31.4 Å². The average molecular weight is 297 g/mol. The molecular weight excluding hydrogens is 279 g/mol. The highest BCUT2D eigenvalue weighted by Crippen LogP contribution is 2.23. The number of rotatable bonds is 2. The molecule has 2 heterocycles. The highest BCUT2D eigenvalue weighted by Gasteiger charge is 2.31. The molecule has 2 saturated heterocycles. The molecule has 0 spiro atoms. The molecule has 2 fully saturated rings. The predicted octanol–water partition coefficient (Wildman–Crippen LogP) is 2.37. The summed E-state index contributed by atoms with van der Waals surface area (Å²) in [7, 11) is 0. The van der Waals surface area contributed by atoms with Gasteiger partial charge >= 0.3 is 0 Å². The van der Waals surface area contributed by atoms with Gasteiger partial charge in [-0.2, -0.15) is 0 Å². The molecule has 2 unspecified atom stereocenters. The predicted molar refractivity (Wildman–Crippen MR) is 76.3 cm³/mol. The number of carbonyl (C=O) groups is 1. The van der Waals surface area contributed by atoms with Gasteiger partial charge in [-0.3, -0.25) is 4.79 Å². The number of likely N-dealkylation sites (tertiary alicyclic amines) is 1. The molecule has 2 aliphatic rings. The van der Waals surface area contributed by atoms with Gasteiger partial charge in [-0.1, -0.05) is 17.7 Å². The lowest BCUT2D eigenvalue weighted by molar-refractivity contribution is -0.130. The summed E-state index contributed by atoms with van der Waals surface area (Å²) in [4.78, 5) is 14.2. The van der Waals surface area contributed by atoms with Crippen molar-refractivity contribution in [1.29, 1.82) is 0 Å². The van der Waals surface area contributed by atoms with Crippen LogP contribution in [-0.4, -0.2) is 36.0 Å². The van der Waals surface area contributed by atoms with Crippen molar-refractivity contribution in [1.82, 2.24) is 10.2 Å². The fraction of sp³-hybridized carbons (Fsp3) is 0.533. The summed E-state index contributed by atoms with van der Waals surface area (Å²) >= 11 is 5.98. The zero-order chi connectivity index (χ0) is 14.1. The van der Waals surface area contributed by atoms with Crippen molar-refractivity contribution in [2.75, 3.05) is 13.1 Å². The van der Waals surface area contributed by atoms with Gasteiger partial charge in [0.1, 0.15) is 5.82 Å². The Hall–Kier alpha value is -1.13. The first-order chi connectivity index (χ1) is 9.63. The first kappa shape index (κ1) is 13.8. The summed E-state index contributed by atoms with van der Waals surface area (Å²) in [6.07, 6.45) is 3.34. The Bertz CT molecular complexity index is 502. The highest BCUT2D eigenvalue weighted by molar-refractivity contribution is 6.31. The van der Waals surface area contributed by atoms with Gasteiger partial charge in [0.25, 0.3) is 0 Å². The quantitative estimate of drug-likeness (QED) is 0.909. The molecule has 2 bridgehead atoms. The van der Waals surface area contributed by atoms with Crippen molar-refractivity contribution in [3.05, 3.63) is 34.6 Å². The topological polar surface area (TPSA) is 32.3 Å². The molecule has 5 heteroatoms. The summed E-state index contributed by atoms with van der Waals surface area (Å²) in [6.45, 7) is 1.47. The van der Waals surface area contributed by atoms with E-state index in [1.165, 1.54) is 12.5 Å². The van der Waals surface area contributed by atoms with Gasteiger partial charge in [0.05, 0.1) is 6.42 Å². The van der Waals surface area contributed by atoms with Gasteiger partial charge < -0.3 is 10.2 Å². The summed E-state index contributed by atoms with van der Waals surface area (Å²) in [5.74, 6) is -0.438. The van der Waals surface area contributed by atoms with E-state index < -0.39 is 5.82 Å². The minimum Gasteiger partial charge on any atom is -0.341 e. The minimum absolute atomic E-state index is 0.0358. The van der Waals surface area contributed by atoms with E-state index >= 15 is 0 Å². The Morgan fingerprint density at radius 3 is 2.95 bits per heavy atom. The fourth-order valence-corrected chi connectivity index (χ4v) is 3.36. The number of amides is 1. The molecule has 0 aliphatic carbocycles. The zero-order valence-electron chi connectivity index (χ0n) is 11.2. The molecule has 108 valence electrons. The van der Waals surface area contributed by atoms with Crippen LogP contribution in [0.15, 0.2) is 18.2 Å². The molecule has 20 heavy (non-hydrogen) atoms. The molecule has 0 saturated carbocycles. The van der Waals surface area contributed by atoms with E-state index in [0.29, 0.717) is 22.7 Å². The molecule has 1 N–H and O–H groups in total. The molecule has 0 aromatic heterocycles. The summed E-state index contributed by atoms with van der Waals surface area (Å²) in [5.41, 5.74) is 0.307. The normalized spacial score (nSPS) is 25.6. The molecule has 1 amide bonds. The summed E-state index contributed by atoms with van der Waals surface area (Å²) in [5, 5.41) is 3.86. The van der Waals surface area contributed by atoms with Crippen molar-refractivity contribution < 1.29 is 9.18 Å². The smallest absolute Gasteiger partial charge is 0.227 e. The van der Waals surface area contributed by atoms with E-state index in [0.717, 1.165) is 25.9 Å². The van der Waals surface area contributed by atoms with E-state index in [2.05, 4.69) is 5.32 Å². The molecule has 0 radical (unpaired) electrons. The number of halogens is 2. The second-order valence-electron chi connectivity index (χ2n) is 5.64. The minimum atomic E-state index is -0.402. The van der Waals surface area contributed by atoms with Gasteiger partial charge in [-0.15, -0.1) is 0 Å². The Morgan fingerprint density at radius 1 is 1.35 bits per heavy atom. The number of fused-ring (bicyclic) bond motifs is 2. The maximum absolute atomic E-state index is 13.7. The van der Waals surface area contributed by atoms with E-state index in [1.54, 1.807) is 12.1 Å². The monoisotopic (exact) mass is 296 g/mol. The average Bonchev–Trinajstić information content (AvgIpc) is 2.73. The second kappa shape index (κ2) is 5.70. The van der Waals surface area contributed by atoms with E-state index in [9.17, 15) is 9.18 Å². The van der Waals surface area contributed by atoms with Crippen molar-refractivity contribution >= 4 is 17.5 Å². The molecule has 2 atom stereocenters. The molecule has 1 aromatic rings. The lowest BCUT2D eigenvalue weighted by Gasteiger charge is -2.24. The third kappa shape index (κ3) is 2.81. The van der Waals surface area contributed by atoms with Crippen LogP contribution in [0.5, 0.6) is 0 Å². The van der Waals surface area contributed by atoms with Crippen LogP contribution in [0.4, 0.5) is 4.39 Å². The lowest BCUT2D eigenvalue weighted by Crippen LogP contribution is -2.39. The second-order valence-corrected chi connectivity index (χ2v) is 6.05. The Morgan fingerprint density at radius 2 is 2.15 bits per heavy atom. The van der Waals surface area contributed by atoms with Gasteiger partial charge in [0.15, 0.2) is 0 Å². The number of hydrogen-bond acceptors (Lipinski definition) is 2. The molecular formula is C15H18ClFN2O. The van der Waals surface area contributed by atoms with E-state index in [1.807, 2.05) is 4.90 Å². The molecule has 3 rings (SSSR count). The van der Waals surface area contributed by atoms with Crippen LogP contribution < -0.4 is 5.32 Å². The number of nitrogens with zero attached hydrogens (tertiary/aromatic N) is 1. The maximum Gasteiger partial charge on any atom is 0.227 e. The van der Waals surface area contributed by atoms with Crippen LogP contribution in [0, 0.1) is 5.82 Å². The van der Waals surface area contributed by atoms with Crippen LogP contribution in [0.25, 0.3) is 0 Å². The summed E-state index contributed by atoms with van der Waals surface area (Å²) in [6, 6.07) is 5.46. The first-order valence-corrected chi connectivity index (χ1v) is 7.48. The van der Waals surface area contributed by atoms with Gasteiger partial charge in [-0.25, -0.2) is 4.39 Å². The van der Waals surface area contributed by atoms with Crippen LogP contribution in [0.1, 0.15) is 24.8 Å². The van der Waals surface area contributed by atoms with E-state index in [4.69, 9.17) is 11.6 Å². The van der Waals surface area contributed by atoms with Crippen molar-refractivity contribution in [2.24, 2.45) is 0 Å². The molecule has 2 aliphatic heterocycles. The Kier molecular flexibility index (Phi) is 3.94. The fourth-order valence-electron chi connectivity index (χ4n) is 3.13.